The van der Waals surface area contributed by atoms with E-state index in [0.717, 1.165) is 0 Å². The molecule has 4 unspecified atom stereocenters. The van der Waals surface area contributed by atoms with Gasteiger partial charge in [0.1, 0.15) is 0 Å². The van der Waals surface area contributed by atoms with Gasteiger partial charge in [-0.05, 0) is 0 Å². The third-order valence-corrected chi connectivity index (χ3v) is 1.38. The van der Waals surface area contributed by atoms with E-state index in [1.807, 2.05) is 0 Å². The Morgan fingerprint density at radius 3 is 1.54 bits per heavy atom. The summed E-state index contributed by atoms with van der Waals surface area (Å²) < 4.78 is 72.1. The molecule has 0 aromatic rings. The molecule has 13 heavy (non-hydrogen) atoms. The summed E-state index contributed by atoms with van der Waals surface area (Å²) in [6, 6.07) is 0. The third-order valence-electron chi connectivity index (χ3n) is 1.38. The van der Waals surface area contributed by atoms with Gasteiger partial charge in [-0.25, -0.2) is 26.3 Å². The average Bonchev–Trinajstić information content (AvgIpc) is 2.12. The highest BCUT2D eigenvalue weighted by Crippen LogP contribution is 2.21. The molecule has 0 aromatic carbocycles. The first-order valence-electron chi connectivity index (χ1n) is 3.38. The molecule has 6 heteroatoms. The summed E-state index contributed by atoms with van der Waals surface area (Å²) in [5.41, 5.74) is 0. The molecule has 0 rings (SSSR count). The van der Waals surface area contributed by atoms with Crippen LogP contribution in [0.1, 0.15) is 0 Å². The molecular formula is C7H8F6. The van der Waals surface area contributed by atoms with E-state index in [1.54, 1.807) is 0 Å². The zero-order chi connectivity index (χ0) is 10.6. The van der Waals surface area contributed by atoms with Gasteiger partial charge >= 0.3 is 0 Å². The summed E-state index contributed by atoms with van der Waals surface area (Å²) in [5.74, 6) is 0. The van der Waals surface area contributed by atoms with Crippen molar-refractivity contribution in [2.24, 2.45) is 0 Å². The van der Waals surface area contributed by atoms with E-state index < -0.39 is 31.1 Å². The Kier molecular flexibility index (Phi) is 4.87. The van der Waals surface area contributed by atoms with Crippen molar-refractivity contribution in [3.05, 3.63) is 12.7 Å². The van der Waals surface area contributed by atoms with E-state index in [-0.39, 0.29) is 0 Å². The van der Waals surface area contributed by atoms with Crippen LogP contribution in [0.4, 0.5) is 26.3 Å². The van der Waals surface area contributed by atoms with Crippen molar-refractivity contribution in [3.63, 3.8) is 0 Å². The van der Waals surface area contributed by atoms with E-state index in [9.17, 15) is 26.3 Å². The minimum Gasteiger partial charge on any atom is -0.241 e. The zero-order valence-corrected chi connectivity index (χ0v) is 6.44. The molecule has 0 bridgehead atoms. The molecule has 0 nitrogen and oxygen atoms in total. The molecule has 0 aliphatic heterocycles. The summed E-state index contributed by atoms with van der Waals surface area (Å²) in [4.78, 5) is 0. The van der Waals surface area contributed by atoms with Crippen molar-refractivity contribution in [2.45, 2.75) is 31.1 Å². The van der Waals surface area contributed by atoms with Gasteiger partial charge in [0, 0.05) is 0 Å². The van der Waals surface area contributed by atoms with Crippen LogP contribution in [-0.4, -0.2) is 31.1 Å². The van der Waals surface area contributed by atoms with Crippen LogP contribution in [-0.2, 0) is 0 Å². The minimum atomic E-state index is -3.66. The SMILES string of the molecule is C=CC(F)C(F)C(F)C(F)C(F)F. The second kappa shape index (κ2) is 5.14. The number of hydrogen-bond donors (Lipinski definition) is 0. The number of alkyl halides is 6. The first kappa shape index (κ1) is 12.3. The van der Waals surface area contributed by atoms with Gasteiger partial charge < -0.3 is 0 Å². The molecule has 0 fully saturated rings. The fourth-order valence-electron chi connectivity index (χ4n) is 0.620. The van der Waals surface area contributed by atoms with E-state index in [1.165, 1.54) is 0 Å². The lowest BCUT2D eigenvalue weighted by molar-refractivity contribution is -0.0341. The monoisotopic (exact) mass is 206 g/mol. The van der Waals surface area contributed by atoms with Crippen LogP contribution < -0.4 is 0 Å². The summed E-state index contributed by atoms with van der Waals surface area (Å²) in [6.45, 7) is 2.78. The van der Waals surface area contributed by atoms with Crippen molar-refractivity contribution in [1.29, 1.82) is 0 Å². The largest absolute Gasteiger partial charge is 0.272 e. The molecule has 0 aliphatic carbocycles. The molecule has 0 radical (unpaired) electrons. The Morgan fingerprint density at radius 2 is 1.23 bits per heavy atom. The maximum absolute atomic E-state index is 12.4. The van der Waals surface area contributed by atoms with Crippen molar-refractivity contribution in [3.8, 4) is 0 Å². The number of allylic oxidation sites excluding steroid dienone is 1. The van der Waals surface area contributed by atoms with Crippen LogP contribution >= 0.6 is 0 Å². The molecular weight excluding hydrogens is 198 g/mol. The van der Waals surface area contributed by atoms with Crippen molar-refractivity contribution in [2.75, 3.05) is 0 Å². The topological polar surface area (TPSA) is 0 Å². The first-order chi connectivity index (χ1) is 5.91. The van der Waals surface area contributed by atoms with Crippen LogP contribution in [0.3, 0.4) is 0 Å². The lowest BCUT2D eigenvalue weighted by atomic mass is 10.1. The Morgan fingerprint density at radius 1 is 0.769 bits per heavy atom. The van der Waals surface area contributed by atoms with Gasteiger partial charge in [0.15, 0.2) is 24.7 Å². The number of hydrogen-bond acceptors (Lipinski definition) is 0. The molecule has 0 spiro atoms. The Balaban J connectivity index is 4.23. The highest BCUT2D eigenvalue weighted by Gasteiger charge is 2.39. The normalized spacial score (nSPS) is 20.8. The molecule has 4 atom stereocenters. The van der Waals surface area contributed by atoms with Gasteiger partial charge in [0.2, 0.25) is 0 Å². The molecule has 0 N–H and O–H groups in total. The van der Waals surface area contributed by atoms with E-state index in [4.69, 9.17) is 0 Å². The van der Waals surface area contributed by atoms with Gasteiger partial charge in [-0.15, -0.1) is 6.58 Å². The smallest absolute Gasteiger partial charge is 0.241 e. The maximum atomic E-state index is 12.4. The van der Waals surface area contributed by atoms with Crippen molar-refractivity contribution in [1.82, 2.24) is 0 Å². The first-order valence-corrected chi connectivity index (χ1v) is 3.38. The molecule has 0 saturated heterocycles. The summed E-state index contributed by atoms with van der Waals surface area (Å²) in [7, 11) is 0. The molecule has 0 aromatic heterocycles. The Labute approximate surface area is 71.2 Å². The second-order valence-corrected chi connectivity index (χ2v) is 2.35. The lowest BCUT2D eigenvalue weighted by Crippen LogP contribution is -2.37. The summed E-state index contributed by atoms with van der Waals surface area (Å²) >= 11 is 0. The maximum Gasteiger partial charge on any atom is 0.272 e. The Hall–Kier alpha value is -0.680. The van der Waals surface area contributed by atoms with E-state index >= 15 is 0 Å². The van der Waals surface area contributed by atoms with Gasteiger partial charge in [0.05, 0.1) is 0 Å². The molecule has 78 valence electrons. The standard InChI is InChI=1S/C7H8F6/c1-2-3(8)4(9)5(10)6(11)7(12)13/h2-7H,1H2. The molecule has 0 amide bonds. The fraction of sp³-hybridized carbons (Fsp3) is 0.714. The van der Waals surface area contributed by atoms with Crippen LogP contribution in [0.2, 0.25) is 0 Å². The quantitative estimate of drug-likeness (QED) is 0.479. The number of rotatable bonds is 5. The van der Waals surface area contributed by atoms with E-state index in [0.29, 0.717) is 6.08 Å². The van der Waals surface area contributed by atoms with Gasteiger partial charge in [-0.3, -0.25) is 0 Å². The average molecular weight is 206 g/mol. The predicted octanol–water partition coefficient (Wildman–Crippen LogP) is 2.79. The molecule has 0 heterocycles. The molecule has 0 aliphatic rings. The van der Waals surface area contributed by atoms with Gasteiger partial charge in [-0.1, -0.05) is 6.08 Å². The summed E-state index contributed by atoms with van der Waals surface area (Å²) in [6.07, 6.45) is -15.2. The Bertz CT molecular complexity index is 159. The number of halogens is 6. The van der Waals surface area contributed by atoms with Crippen LogP contribution in [0, 0.1) is 0 Å². The zero-order valence-electron chi connectivity index (χ0n) is 6.44. The molecule has 0 saturated carbocycles. The lowest BCUT2D eigenvalue weighted by Gasteiger charge is -2.17. The van der Waals surface area contributed by atoms with Crippen LogP contribution in [0.5, 0.6) is 0 Å². The van der Waals surface area contributed by atoms with Gasteiger partial charge in [-0.2, -0.15) is 0 Å². The summed E-state index contributed by atoms with van der Waals surface area (Å²) in [5, 5.41) is 0. The van der Waals surface area contributed by atoms with Gasteiger partial charge in [0.25, 0.3) is 6.43 Å². The minimum absolute atomic E-state index is 0.384. The van der Waals surface area contributed by atoms with E-state index in [2.05, 4.69) is 6.58 Å². The fourth-order valence-corrected chi connectivity index (χ4v) is 0.620. The highest BCUT2D eigenvalue weighted by molar-refractivity contribution is 4.92. The van der Waals surface area contributed by atoms with Crippen LogP contribution in [0.25, 0.3) is 0 Å². The highest BCUT2D eigenvalue weighted by atomic mass is 19.3. The third kappa shape index (κ3) is 3.28. The van der Waals surface area contributed by atoms with Crippen molar-refractivity contribution >= 4 is 0 Å². The van der Waals surface area contributed by atoms with Crippen LogP contribution in [0.15, 0.2) is 12.7 Å². The van der Waals surface area contributed by atoms with Crippen molar-refractivity contribution < 1.29 is 26.3 Å². The second-order valence-electron chi connectivity index (χ2n) is 2.35. The predicted molar refractivity (Wildman–Crippen MR) is 35.8 cm³/mol.